The zero-order valence-corrected chi connectivity index (χ0v) is 17.9. The highest BCUT2D eigenvalue weighted by atomic mass is 31.2. The second-order valence-corrected chi connectivity index (χ2v) is 10.3. The van der Waals surface area contributed by atoms with Crippen LogP contribution >= 0.6 is 7.82 Å². The zero-order chi connectivity index (χ0) is 21.1. The summed E-state index contributed by atoms with van der Waals surface area (Å²) in [4.78, 5) is 17.8. The van der Waals surface area contributed by atoms with Crippen LogP contribution in [0.2, 0.25) is 0 Å². The second-order valence-electron chi connectivity index (χ2n) is 9.08. The van der Waals surface area contributed by atoms with E-state index in [1.807, 2.05) is 12.1 Å². The normalized spacial score (nSPS) is 13.7. The van der Waals surface area contributed by atoms with Gasteiger partial charge in [0.2, 0.25) is 0 Å². The second kappa shape index (κ2) is 8.60. The van der Waals surface area contributed by atoms with Gasteiger partial charge in [0, 0.05) is 0 Å². The van der Waals surface area contributed by atoms with Crippen molar-refractivity contribution in [2.24, 2.45) is 5.41 Å². The van der Waals surface area contributed by atoms with Crippen molar-refractivity contribution in [2.75, 3.05) is 26.4 Å². The first-order valence-electron chi connectivity index (χ1n) is 8.83. The lowest BCUT2D eigenvalue weighted by atomic mass is 9.80. The Bertz CT molecular complexity index is 664. The highest BCUT2D eigenvalue weighted by molar-refractivity contribution is 7.46. The third-order valence-corrected chi connectivity index (χ3v) is 4.86. The molecule has 0 saturated carbocycles. The molecule has 1 aromatic rings. The van der Waals surface area contributed by atoms with E-state index < -0.39 is 33.1 Å². The van der Waals surface area contributed by atoms with Crippen LogP contribution in [0.4, 0.5) is 0 Å². The molecule has 27 heavy (non-hydrogen) atoms. The third kappa shape index (κ3) is 7.18. The Labute approximate surface area is 161 Å². The largest absolute Gasteiger partial charge is 0.492 e. The molecule has 0 radical (unpaired) electrons. The fourth-order valence-corrected chi connectivity index (χ4v) is 2.88. The fourth-order valence-electron chi connectivity index (χ4n) is 2.43. The molecule has 0 aliphatic carbocycles. The summed E-state index contributed by atoms with van der Waals surface area (Å²) in [6.07, 6.45) is 0. The minimum Gasteiger partial charge on any atom is -0.492 e. The summed E-state index contributed by atoms with van der Waals surface area (Å²) in [7, 11) is -4.72. The molecule has 0 fully saturated rings. The number of hydrogen-bond acceptors (Lipinski definition) is 5. The van der Waals surface area contributed by atoms with Gasteiger partial charge in [-0.1, -0.05) is 53.7 Å². The topological polar surface area (TPSA) is 116 Å². The molecule has 0 unspecified atom stereocenters. The van der Waals surface area contributed by atoms with Crippen LogP contribution in [-0.2, 0) is 19.9 Å². The van der Waals surface area contributed by atoms with E-state index in [9.17, 15) is 14.8 Å². The van der Waals surface area contributed by atoms with E-state index in [0.29, 0.717) is 5.75 Å². The standard InChI is InChI=1S/C19H33O7P/c1-17(2,3)14-7-8-16(15(9-14)18(4,5)6)25-12-19(10-20,11-21)13-26-27(22,23)24/h7-9,20-21H,10-13H2,1-6H3,(H2,22,23,24). The van der Waals surface area contributed by atoms with Crippen molar-refractivity contribution in [2.45, 2.75) is 52.4 Å². The SMILES string of the molecule is CC(C)(C)c1ccc(OCC(CO)(CO)COP(=O)(O)O)c(C(C)(C)C)c1. The van der Waals surface area contributed by atoms with Gasteiger partial charge >= 0.3 is 7.82 Å². The molecule has 0 aliphatic rings. The summed E-state index contributed by atoms with van der Waals surface area (Å²) in [6, 6.07) is 5.90. The predicted octanol–water partition coefficient (Wildman–Crippen LogP) is 2.74. The number of phosphoric acid groups is 1. The highest BCUT2D eigenvalue weighted by Gasteiger charge is 2.34. The maximum absolute atomic E-state index is 11.0. The predicted molar refractivity (Wildman–Crippen MR) is 104 cm³/mol. The smallest absolute Gasteiger partial charge is 0.469 e. The Balaban J connectivity index is 3.13. The molecule has 0 bridgehead atoms. The summed E-state index contributed by atoms with van der Waals surface area (Å²) < 4.78 is 21.4. The van der Waals surface area contributed by atoms with Gasteiger partial charge in [-0.3, -0.25) is 4.52 Å². The van der Waals surface area contributed by atoms with Gasteiger partial charge in [-0.05, 0) is 28.0 Å². The molecule has 0 aromatic heterocycles. The lowest BCUT2D eigenvalue weighted by Crippen LogP contribution is -2.40. The van der Waals surface area contributed by atoms with Gasteiger partial charge < -0.3 is 24.7 Å². The summed E-state index contributed by atoms with van der Waals surface area (Å²) in [5.41, 5.74) is 0.546. The molecule has 0 heterocycles. The van der Waals surface area contributed by atoms with Gasteiger partial charge in [0.05, 0.1) is 25.2 Å². The number of aliphatic hydroxyl groups is 2. The van der Waals surface area contributed by atoms with Crippen molar-refractivity contribution in [3.8, 4) is 5.75 Å². The first-order valence-corrected chi connectivity index (χ1v) is 10.4. The molecule has 0 atom stereocenters. The molecular weight excluding hydrogens is 371 g/mol. The quantitative estimate of drug-likeness (QED) is 0.492. The average molecular weight is 404 g/mol. The number of aliphatic hydroxyl groups excluding tert-OH is 2. The summed E-state index contributed by atoms with van der Waals surface area (Å²) >= 11 is 0. The molecule has 1 rings (SSSR count). The number of rotatable bonds is 8. The van der Waals surface area contributed by atoms with Gasteiger partial charge in [0.1, 0.15) is 12.4 Å². The molecule has 0 saturated heterocycles. The van der Waals surface area contributed by atoms with Crippen LogP contribution in [0.1, 0.15) is 52.7 Å². The molecule has 0 amide bonds. The number of hydrogen-bond donors (Lipinski definition) is 4. The van der Waals surface area contributed by atoms with E-state index in [1.165, 1.54) is 0 Å². The molecule has 156 valence electrons. The lowest BCUT2D eigenvalue weighted by molar-refractivity contribution is -0.0253. The zero-order valence-electron chi connectivity index (χ0n) is 17.0. The molecule has 8 heteroatoms. The van der Waals surface area contributed by atoms with Crippen LogP contribution in [0.15, 0.2) is 18.2 Å². The average Bonchev–Trinajstić information content (AvgIpc) is 2.53. The fraction of sp³-hybridized carbons (Fsp3) is 0.684. The minimum atomic E-state index is -4.72. The Hall–Kier alpha value is -0.950. The number of ether oxygens (including phenoxy) is 1. The van der Waals surface area contributed by atoms with E-state index >= 15 is 0 Å². The highest BCUT2D eigenvalue weighted by Crippen LogP contribution is 2.39. The van der Waals surface area contributed by atoms with E-state index in [0.717, 1.165) is 11.1 Å². The van der Waals surface area contributed by atoms with Crippen LogP contribution in [0.25, 0.3) is 0 Å². The van der Waals surface area contributed by atoms with Crippen molar-refractivity contribution >= 4 is 7.82 Å². The summed E-state index contributed by atoms with van der Waals surface area (Å²) in [5.74, 6) is 0.595. The monoisotopic (exact) mass is 404 g/mol. The van der Waals surface area contributed by atoms with E-state index in [1.54, 1.807) is 0 Å². The molecule has 4 N–H and O–H groups in total. The van der Waals surface area contributed by atoms with E-state index in [2.05, 4.69) is 52.1 Å². The van der Waals surface area contributed by atoms with Crippen LogP contribution < -0.4 is 4.74 Å². The Morgan fingerprint density at radius 1 is 0.926 bits per heavy atom. The summed E-state index contributed by atoms with van der Waals surface area (Å²) in [6.45, 7) is 10.8. The van der Waals surface area contributed by atoms with Crippen molar-refractivity contribution < 1.29 is 33.8 Å². The molecular formula is C19H33O7P. The lowest BCUT2D eigenvalue weighted by Gasteiger charge is -2.32. The third-order valence-electron chi connectivity index (χ3n) is 4.40. The number of phosphoric ester groups is 1. The van der Waals surface area contributed by atoms with Crippen molar-refractivity contribution in [1.29, 1.82) is 0 Å². The Morgan fingerprint density at radius 2 is 1.48 bits per heavy atom. The van der Waals surface area contributed by atoms with Gasteiger partial charge in [-0.25, -0.2) is 4.57 Å². The van der Waals surface area contributed by atoms with Gasteiger partial charge in [0.15, 0.2) is 0 Å². The van der Waals surface area contributed by atoms with Crippen LogP contribution in [0, 0.1) is 5.41 Å². The Kier molecular flexibility index (Phi) is 7.67. The maximum atomic E-state index is 11.0. The van der Waals surface area contributed by atoms with Crippen molar-refractivity contribution in [3.63, 3.8) is 0 Å². The molecule has 7 nitrogen and oxygen atoms in total. The first-order chi connectivity index (χ1) is 12.1. The van der Waals surface area contributed by atoms with E-state index in [4.69, 9.17) is 14.5 Å². The molecule has 1 aromatic carbocycles. The summed E-state index contributed by atoms with van der Waals surface area (Å²) in [5, 5.41) is 19.3. The molecule has 0 aliphatic heterocycles. The molecule has 0 spiro atoms. The maximum Gasteiger partial charge on any atom is 0.469 e. The first kappa shape index (κ1) is 24.1. The van der Waals surface area contributed by atoms with E-state index in [-0.39, 0.29) is 17.4 Å². The minimum absolute atomic E-state index is 0.0320. The Morgan fingerprint density at radius 3 is 1.89 bits per heavy atom. The van der Waals surface area contributed by atoms with Crippen LogP contribution in [0.5, 0.6) is 5.75 Å². The van der Waals surface area contributed by atoms with Crippen molar-refractivity contribution in [3.05, 3.63) is 29.3 Å². The van der Waals surface area contributed by atoms with Crippen molar-refractivity contribution in [1.82, 2.24) is 0 Å². The van der Waals surface area contributed by atoms with Gasteiger partial charge in [-0.2, -0.15) is 0 Å². The van der Waals surface area contributed by atoms with Crippen LogP contribution in [0.3, 0.4) is 0 Å². The van der Waals surface area contributed by atoms with Gasteiger partial charge in [0.25, 0.3) is 0 Å². The van der Waals surface area contributed by atoms with Gasteiger partial charge in [-0.15, -0.1) is 0 Å². The number of benzene rings is 1. The van der Waals surface area contributed by atoms with Crippen LogP contribution in [-0.4, -0.2) is 46.4 Å².